The summed E-state index contributed by atoms with van der Waals surface area (Å²) in [4.78, 5) is 14.7. The van der Waals surface area contributed by atoms with Crippen LogP contribution in [0.15, 0.2) is 48.5 Å². The number of nitrogens with one attached hydrogen (secondary N) is 1. The maximum Gasteiger partial charge on any atom is 0.238 e. The zero-order valence-electron chi connectivity index (χ0n) is 17.7. The number of anilines is 1. The molecule has 0 radical (unpaired) electrons. The van der Waals surface area contributed by atoms with Gasteiger partial charge < -0.3 is 14.8 Å². The smallest absolute Gasteiger partial charge is 0.238 e. The summed E-state index contributed by atoms with van der Waals surface area (Å²) in [5.74, 6) is 1.81. The second-order valence-electron chi connectivity index (χ2n) is 7.44. The molecule has 0 unspecified atom stereocenters. The molecule has 31 heavy (non-hydrogen) atoms. The van der Waals surface area contributed by atoms with E-state index in [2.05, 4.69) is 20.4 Å². The van der Waals surface area contributed by atoms with Gasteiger partial charge in [0.2, 0.25) is 5.91 Å². The van der Waals surface area contributed by atoms with Crippen LogP contribution in [0.2, 0.25) is 0 Å². The molecule has 162 valence electrons. The lowest BCUT2D eigenvalue weighted by Gasteiger charge is -2.30. The van der Waals surface area contributed by atoms with Crippen LogP contribution in [0, 0.1) is 0 Å². The van der Waals surface area contributed by atoms with Crippen LogP contribution < -0.4 is 14.8 Å². The van der Waals surface area contributed by atoms with E-state index >= 15 is 0 Å². The third kappa shape index (κ3) is 5.03. The van der Waals surface area contributed by atoms with Gasteiger partial charge in [-0.15, -0.1) is 10.2 Å². The van der Waals surface area contributed by atoms with E-state index in [0.29, 0.717) is 23.9 Å². The highest BCUT2D eigenvalue weighted by Crippen LogP contribution is 2.36. The number of likely N-dealkylation sites (tertiary alicyclic amines) is 1. The van der Waals surface area contributed by atoms with Crippen LogP contribution in [0.3, 0.4) is 0 Å². The highest BCUT2D eigenvalue weighted by molar-refractivity contribution is 7.14. The van der Waals surface area contributed by atoms with Gasteiger partial charge in [-0.3, -0.25) is 9.69 Å². The molecule has 1 fully saturated rings. The van der Waals surface area contributed by atoms with Gasteiger partial charge in [-0.1, -0.05) is 35.6 Å². The van der Waals surface area contributed by atoms with E-state index in [0.717, 1.165) is 47.3 Å². The molecule has 0 bridgehead atoms. The topological polar surface area (TPSA) is 76.6 Å². The molecule has 1 saturated heterocycles. The molecule has 1 N–H and O–H groups in total. The first-order chi connectivity index (χ1) is 15.2. The van der Waals surface area contributed by atoms with Crippen molar-refractivity contribution in [2.45, 2.75) is 18.8 Å². The molecule has 1 aliphatic rings. The molecule has 1 aliphatic heterocycles. The Hall–Kier alpha value is -2.97. The van der Waals surface area contributed by atoms with Gasteiger partial charge in [-0.25, -0.2) is 0 Å². The number of methoxy groups -OCH3 is 2. The lowest BCUT2D eigenvalue weighted by Crippen LogP contribution is -2.38. The molecule has 2 aromatic carbocycles. The van der Waals surface area contributed by atoms with E-state index < -0.39 is 0 Å². The third-order valence-electron chi connectivity index (χ3n) is 5.46. The largest absolute Gasteiger partial charge is 0.496 e. The quantitative estimate of drug-likeness (QED) is 0.600. The Morgan fingerprint density at radius 1 is 1.03 bits per heavy atom. The number of carbonyl (C=O) groups excluding carboxylic acids is 1. The summed E-state index contributed by atoms with van der Waals surface area (Å²) in [5.41, 5.74) is 1.67. The summed E-state index contributed by atoms with van der Waals surface area (Å²) in [6, 6.07) is 15.3. The maximum absolute atomic E-state index is 12.5. The van der Waals surface area contributed by atoms with Gasteiger partial charge in [0, 0.05) is 5.92 Å². The molecule has 1 aromatic heterocycles. The number of rotatable bonds is 7. The molecule has 3 aromatic rings. The van der Waals surface area contributed by atoms with Crippen LogP contribution in [0.1, 0.15) is 23.8 Å². The zero-order chi connectivity index (χ0) is 21.6. The number of para-hydroxylation sites is 3. The third-order valence-corrected chi connectivity index (χ3v) is 6.58. The van der Waals surface area contributed by atoms with Gasteiger partial charge in [0.25, 0.3) is 0 Å². The number of aromatic nitrogens is 2. The number of piperidine rings is 1. The first kappa shape index (κ1) is 21.3. The standard InChI is InChI=1S/C23H26N4O3S/c1-29-19-9-5-3-7-17(19)23-26-25-22(31-23)16-11-13-27(14-12-16)15-21(28)24-18-8-4-6-10-20(18)30-2/h3-10,16H,11-15H2,1-2H3,(H,24,28). The number of carbonyl (C=O) groups is 1. The fourth-order valence-electron chi connectivity index (χ4n) is 3.81. The Bertz CT molecular complexity index is 1030. The van der Waals surface area contributed by atoms with Crippen LogP contribution in [0.4, 0.5) is 5.69 Å². The van der Waals surface area contributed by atoms with Crippen molar-refractivity contribution in [3.8, 4) is 22.1 Å². The number of ether oxygens (including phenoxy) is 2. The Labute approximate surface area is 186 Å². The molecule has 0 saturated carbocycles. The predicted molar refractivity (Wildman–Crippen MR) is 122 cm³/mol. The minimum absolute atomic E-state index is 0.0303. The van der Waals surface area contributed by atoms with Crippen molar-refractivity contribution in [3.63, 3.8) is 0 Å². The first-order valence-electron chi connectivity index (χ1n) is 10.3. The van der Waals surface area contributed by atoms with Gasteiger partial charge in [-0.05, 0) is 50.2 Å². The molecule has 8 heteroatoms. The number of amides is 1. The summed E-state index contributed by atoms with van der Waals surface area (Å²) < 4.78 is 10.7. The van der Waals surface area contributed by atoms with Crippen molar-refractivity contribution in [3.05, 3.63) is 53.5 Å². The summed E-state index contributed by atoms with van der Waals surface area (Å²) in [7, 11) is 3.27. The second kappa shape index (κ2) is 9.89. The SMILES string of the molecule is COc1ccccc1NC(=O)CN1CCC(c2nnc(-c3ccccc3OC)s2)CC1. The minimum Gasteiger partial charge on any atom is -0.496 e. The van der Waals surface area contributed by atoms with Gasteiger partial charge in [0.15, 0.2) is 5.01 Å². The number of hydrogen-bond donors (Lipinski definition) is 1. The van der Waals surface area contributed by atoms with Gasteiger partial charge in [-0.2, -0.15) is 0 Å². The molecule has 7 nitrogen and oxygen atoms in total. The van der Waals surface area contributed by atoms with Gasteiger partial charge in [0.1, 0.15) is 16.5 Å². The number of benzene rings is 2. The van der Waals surface area contributed by atoms with E-state index in [1.165, 1.54) is 0 Å². The molecule has 4 rings (SSSR count). The van der Waals surface area contributed by atoms with E-state index in [1.807, 2.05) is 48.5 Å². The summed E-state index contributed by atoms with van der Waals surface area (Å²) in [6.45, 7) is 2.08. The average Bonchev–Trinajstić information content (AvgIpc) is 3.30. The highest BCUT2D eigenvalue weighted by Gasteiger charge is 2.25. The van der Waals surface area contributed by atoms with Crippen molar-refractivity contribution >= 4 is 22.9 Å². The Morgan fingerprint density at radius 2 is 1.71 bits per heavy atom. The minimum atomic E-state index is -0.0303. The van der Waals surface area contributed by atoms with Crippen LogP contribution in [0.5, 0.6) is 11.5 Å². The van der Waals surface area contributed by atoms with Crippen molar-refractivity contribution in [2.24, 2.45) is 0 Å². The first-order valence-corrected chi connectivity index (χ1v) is 11.1. The Balaban J connectivity index is 1.32. The Morgan fingerprint density at radius 3 is 2.45 bits per heavy atom. The molecule has 0 spiro atoms. The van der Waals surface area contributed by atoms with Crippen LogP contribution >= 0.6 is 11.3 Å². The van der Waals surface area contributed by atoms with E-state index in [4.69, 9.17) is 9.47 Å². The number of hydrogen-bond acceptors (Lipinski definition) is 7. The van der Waals surface area contributed by atoms with Crippen LogP contribution in [-0.2, 0) is 4.79 Å². The molecule has 2 heterocycles. The summed E-state index contributed by atoms with van der Waals surface area (Å²) >= 11 is 1.63. The lowest BCUT2D eigenvalue weighted by molar-refractivity contribution is -0.117. The van der Waals surface area contributed by atoms with Crippen LogP contribution in [0.25, 0.3) is 10.6 Å². The lowest BCUT2D eigenvalue weighted by atomic mass is 9.98. The summed E-state index contributed by atoms with van der Waals surface area (Å²) in [5, 5.41) is 13.7. The summed E-state index contributed by atoms with van der Waals surface area (Å²) in [6.07, 6.45) is 1.92. The van der Waals surface area contributed by atoms with Crippen molar-refractivity contribution in [2.75, 3.05) is 39.2 Å². The van der Waals surface area contributed by atoms with Crippen LogP contribution in [-0.4, -0.2) is 54.9 Å². The maximum atomic E-state index is 12.5. The fraction of sp³-hybridized carbons (Fsp3) is 0.348. The van der Waals surface area contributed by atoms with E-state index in [1.54, 1.807) is 25.6 Å². The van der Waals surface area contributed by atoms with Crippen molar-refractivity contribution in [1.82, 2.24) is 15.1 Å². The monoisotopic (exact) mass is 438 g/mol. The molecular weight excluding hydrogens is 412 g/mol. The fourth-order valence-corrected chi connectivity index (χ4v) is 4.85. The molecule has 0 aliphatic carbocycles. The van der Waals surface area contributed by atoms with E-state index in [9.17, 15) is 4.79 Å². The van der Waals surface area contributed by atoms with E-state index in [-0.39, 0.29) is 5.91 Å². The zero-order valence-corrected chi connectivity index (χ0v) is 18.5. The van der Waals surface area contributed by atoms with Gasteiger partial charge in [0.05, 0.1) is 32.0 Å². The molecule has 1 amide bonds. The second-order valence-corrected chi connectivity index (χ2v) is 8.45. The van der Waals surface area contributed by atoms with Gasteiger partial charge >= 0.3 is 0 Å². The number of nitrogens with zero attached hydrogens (tertiary/aromatic N) is 3. The molecule has 0 atom stereocenters. The normalized spacial score (nSPS) is 14.9. The highest BCUT2D eigenvalue weighted by atomic mass is 32.1. The molecular formula is C23H26N4O3S. The van der Waals surface area contributed by atoms with Crippen molar-refractivity contribution < 1.29 is 14.3 Å². The van der Waals surface area contributed by atoms with Crippen molar-refractivity contribution in [1.29, 1.82) is 0 Å². The predicted octanol–water partition coefficient (Wildman–Crippen LogP) is 4.04. The average molecular weight is 439 g/mol. The Kier molecular flexibility index (Phi) is 6.79.